The van der Waals surface area contributed by atoms with Gasteiger partial charge in [0.15, 0.2) is 5.72 Å². The summed E-state index contributed by atoms with van der Waals surface area (Å²) in [5, 5.41) is 4.38. The molecule has 1 aromatic rings. The van der Waals surface area contributed by atoms with Crippen LogP contribution in [0.3, 0.4) is 0 Å². The van der Waals surface area contributed by atoms with E-state index in [0.717, 1.165) is 30.9 Å². The highest BCUT2D eigenvalue weighted by molar-refractivity contribution is 6.00. The summed E-state index contributed by atoms with van der Waals surface area (Å²) in [6, 6.07) is 5.97. The maximum absolute atomic E-state index is 5.99. The highest BCUT2D eigenvalue weighted by Crippen LogP contribution is 2.49. The number of rotatable bonds is 3. The van der Waals surface area contributed by atoms with Crippen LogP contribution in [0.25, 0.3) is 0 Å². The Morgan fingerprint density at radius 2 is 2.05 bits per heavy atom. The Balaban J connectivity index is 1.60. The van der Waals surface area contributed by atoms with E-state index < -0.39 is 0 Å². The van der Waals surface area contributed by atoms with Crippen molar-refractivity contribution in [2.24, 2.45) is 11.1 Å². The van der Waals surface area contributed by atoms with Gasteiger partial charge in [0.25, 0.3) is 0 Å². The molecule has 0 aromatic carbocycles. The fourth-order valence-corrected chi connectivity index (χ4v) is 3.39. The molecule has 19 heavy (non-hydrogen) atoms. The molecule has 0 radical (unpaired) electrons. The van der Waals surface area contributed by atoms with E-state index in [1.54, 1.807) is 0 Å². The number of hydrogen-bond donors (Lipinski definition) is 0. The van der Waals surface area contributed by atoms with Gasteiger partial charge in [0.2, 0.25) is 0 Å². The van der Waals surface area contributed by atoms with Crippen LogP contribution in [0.5, 0.6) is 0 Å². The summed E-state index contributed by atoms with van der Waals surface area (Å²) in [4.78, 5) is 12.9. The van der Waals surface area contributed by atoms with Crippen molar-refractivity contribution in [2.45, 2.75) is 37.8 Å². The summed E-state index contributed by atoms with van der Waals surface area (Å²) in [7, 11) is 0. The Kier molecular flexibility index (Phi) is 2.58. The van der Waals surface area contributed by atoms with Crippen LogP contribution in [-0.4, -0.2) is 34.4 Å². The lowest BCUT2D eigenvalue weighted by Crippen LogP contribution is -2.49. The Labute approximate surface area is 113 Å². The molecule has 3 aliphatic rings. The molecule has 0 bridgehead atoms. The van der Waals surface area contributed by atoms with Crippen molar-refractivity contribution in [1.82, 2.24) is 9.88 Å². The minimum Gasteiger partial charge on any atom is -0.372 e. The Morgan fingerprint density at radius 1 is 1.21 bits per heavy atom. The van der Waals surface area contributed by atoms with Gasteiger partial charge in [-0.05, 0) is 37.8 Å². The predicted octanol–water partition coefficient (Wildman–Crippen LogP) is 2.41. The average Bonchev–Trinajstić information content (AvgIpc) is 3.02. The summed E-state index contributed by atoms with van der Waals surface area (Å²) in [6.07, 6.45) is 7.86. The van der Waals surface area contributed by atoms with Crippen molar-refractivity contribution in [1.29, 1.82) is 0 Å². The van der Waals surface area contributed by atoms with E-state index >= 15 is 0 Å². The maximum atomic E-state index is 5.99. The second kappa shape index (κ2) is 4.30. The summed E-state index contributed by atoms with van der Waals surface area (Å²) in [5.41, 5.74) is 1.83. The van der Waals surface area contributed by atoms with Crippen molar-refractivity contribution in [2.75, 3.05) is 13.1 Å². The highest BCUT2D eigenvalue weighted by Gasteiger charge is 2.55. The maximum Gasteiger partial charge on any atom is 0.199 e. The molecule has 4 heteroatoms. The first-order chi connectivity index (χ1) is 9.38. The third-order valence-electron chi connectivity index (χ3n) is 4.55. The van der Waals surface area contributed by atoms with Gasteiger partial charge in [0.05, 0.1) is 12.1 Å². The third-order valence-corrected chi connectivity index (χ3v) is 4.55. The van der Waals surface area contributed by atoms with E-state index in [1.165, 1.54) is 25.7 Å². The fourth-order valence-electron chi connectivity index (χ4n) is 3.39. The van der Waals surface area contributed by atoms with Crippen molar-refractivity contribution >= 4 is 5.71 Å². The molecule has 1 aliphatic carbocycles. The van der Waals surface area contributed by atoms with Crippen molar-refractivity contribution in [3.63, 3.8) is 0 Å². The fraction of sp³-hybridized carbons (Fsp3) is 0.600. The molecule has 2 aliphatic heterocycles. The van der Waals surface area contributed by atoms with Crippen LogP contribution >= 0.6 is 0 Å². The molecule has 4 rings (SSSR count). The number of aromatic nitrogens is 1. The average molecular weight is 257 g/mol. The molecule has 3 heterocycles. The lowest BCUT2D eigenvalue weighted by atomic mass is 9.98. The highest BCUT2D eigenvalue weighted by atomic mass is 16.7. The van der Waals surface area contributed by atoms with Crippen molar-refractivity contribution in [3.8, 4) is 0 Å². The molecule has 100 valence electrons. The van der Waals surface area contributed by atoms with Crippen molar-refractivity contribution in [3.05, 3.63) is 30.1 Å². The molecule has 0 spiro atoms. The Bertz CT molecular complexity index is 491. The number of hydrogen-bond acceptors (Lipinski definition) is 4. The summed E-state index contributed by atoms with van der Waals surface area (Å²) in [5.74, 6) is 0.663. The first kappa shape index (κ1) is 11.4. The van der Waals surface area contributed by atoms with Crippen LogP contribution < -0.4 is 0 Å². The van der Waals surface area contributed by atoms with E-state index in [0.29, 0.717) is 5.92 Å². The first-order valence-electron chi connectivity index (χ1n) is 7.30. The van der Waals surface area contributed by atoms with E-state index in [9.17, 15) is 0 Å². The number of oxime groups is 1. The van der Waals surface area contributed by atoms with Crippen LogP contribution in [-0.2, 0) is 4.84 Å². The van der Waals surface area contributed by atoms with Crippen LogP contribution in [0.2, 0.25) is 0 Å². The minimum absolute atomic E-state index is 0.149. The van der Waals surface area contributed by atoms with Gasteiger partial charge in [-0.15, -0.1) is 0 Å². The Hall–Kier alpha value is -1.42. The van der Waals surface area contributed by atoms with Gasteiger partial charge >= 0.3 is 0 Å². The van der Waals surface area contributed by atoms with E-state index in [2.05, 4.69) is 15.0 Å². The second-order valence-corrected chi connectivity index (χ2v) is 5.83. The van der Waals surface area contributed by atoms with E-state index in [1.807, 2.05) is 24.4 Å². The molecule has 1 aromatic heterocycles. The van der Waals surface area contributed by atoms with Gasteiger partial charge in [-0.3, -0.25) is 9.88 Å². The molecule has 2 fully saturated rings. The lowest BCUT2D eigenvalue weighted by molar-refractivity contribution is -0.144. The summed E-state index contributed by atoms with van der Waals surface area (Å²) >= 11 is 0. The predicted molar refractivity (Wildman–Crippen MR) is 72.7 cm³/mol. The molecule has 1 saturated carbocycles. The molecule has 0 amide bonds. The third kappa shape index (κ3) is 1.86. The van der Waals surface area contributed by atoms with Gasteiger partial charge in [-0.25, -0.2) is 0 Å². The second-order valence-electron chi connectivity index (χ2n) is 5.83. The van der Waals surface area contributed by atoms with Gasteiger partial charge in [0, 0.05) is 25.2 Å². The van der Waals surface area contributed by atoms with Crippen molar-refractivity contribution < 1.29 is 4.84 Å². The largest absolute Gasteiger partial charge is 0.372 e. The van der Waals surface area contributed by atoms with E-state index in [4.69, 9.17) is 4.84 Å². The molecule has 4 nitrogen and oxygen atoms in total. The SMILES string of the molecule is c1ccc(C2=NOC(C3CC3)(N3CCCC3)C2)nc1. The standard InChI is InChI=1S/C15H19N3O/c1-2-8-16-13(5-1)14-11-15(19-17-14,12-6-7-12)18-9-3-4-10-18/h1-2,5,8,12H,3-4,6-7,9-11H2. The number of nitrogens with zero attached hydrogens (tertiary/aromatic N) is 3. The van der Waals surface area contributed by atoms with Gasteiger partial charge in [-0.1, -0.05) is 11.2 Å². The molecular formula is C15H19N3O. The zero-order valence-corrected chi connectivity index (χ0v) is 11.1. The summed E-state index contributed by atoms with van der Waals surface area (Å²) in [6.45, 7) is 2.31. The smallest absolute Gasteiger partial charge is 0.199 e. The zero-order valence-electron chi connectivity index (χ0n) is 11.1. The van der Waals surface area contributed by atoms with Gasteiger partial charge < -0.3 is 4.84 Å². The van der Waals surface area contributed by atoms with Gasteiger partial charge in [0.1, 0.15) is 5.71 Å². The normalized spacial score (nSPS) is 31.3. The number of pyridine rings is 1. The van der Waals surface area contributed by atoms with E-state index in [-0.39, 0.29) is 5.72 Å². The van der Waals surface area contributed by atoms with Crippen LogP contribution in [0.1, 0.15) is 37.8 Å². The quantitative estimate of drug-likeness (QED) is 0.834. The van der Waals surface area contributed by atoms with Crippen LogP contribution in [0.15, 0.2) is 29.6 Å². The topological polar surface area (TPSA) is 37.7 Å². The monoisotopic (exact) mass is 257 g/mol. The zero-order chi connectivity index (χ0) is 12.7. The number of likely N-dealkylation sites (tertiary alicyclic amines) is 1. The molecule has 1 saturated heterocycles. The Morgan fingerprint density at radius 3 is 2.74 bits per heavy atom. The summed E-state index contributed by atoms with van der Waals surface area (Å²) < 4.78 is 0. The molecule has 1 atom stereocenters. The minimum atomic E-state index is -0.149. The van der Waals surface area contributed by atoms with Gasteiger partial charge in [-0.2, -0.15) is 0 Å². The molecular weight excluding hydrogens is 238 g/mol. The first-order valence-corrected chi connectivity index (χ1v) is 7.30. The molecule has 1 unspecified atom stereocenters. The van der Waals surface area contributed by atoms with Crippen LogP contribution in [0.4, 0.5) is 0 Å². The lowest BCUT2D eigenvalue weighted by Gasteiger charge is -2.36. The van der Waals surface area contributed by atoms with Crippen LogP contribution in [0, 0.1) is 5.92 Å². The molecule has 0 N–H and O–H groups in total.